The third-order valence-electron chi connectivity index (χ3n) is 2.38. The van der Waals surface area contributed by atoms with E-state index < -0.39 is 0 Å². The molecule has 0 aromatic carbocycles. The molecular formula is C12H13BrN4. The van der Waals surface area contributed by atoms with Gasteiger partial charge in [-0.15, -0.1) is 0 Å². The number of halogens is 1. The highest BCUT2D eigenvalue weighted by Gasteiger charge is 2.09. The lowest BCUT2D eigenvalue weighted by Crippen LogP contribution is -2.00. The van der Waals surface area contributed by atoms with E-state index in [2.05, 4.69) is 30.9 Å². The molecule has 2 N–H and O–H groups in total. The Morgan fingerprint density at radius 3 is 2.12 bits per heavy atom. The summed E-state index contributed by atoms with van der Waals surface area (Å²) in [4.78, 5) is 13.0. The molecule has 5 heteroatoms. The Morgan fingerprint density at radius 1 is 1.00 bits per heavy atom. The molecule has 0 saturated carbocycles. The number of aryl methyl sites for hydroxylation is 3. The van der Waals surface area contributed by atoms with Crippen LogP contribution >= 0.6 is 15.9 Å². The zero-order valence-corrected chi connectivity index (χ0v) is 11.5. The van der Waals surface area contributed by atoms with E-state index in [0.29, 0.717) is 11.6 Å². The summed E-state index contributed by atoms with van der Waals surface area (Å²) in [6, 6.07) is 3.91. The van der Waals surface area contributed by atoms with Crippen LogP contribution in [0.15, 0.2) is 16.6 Å². The number of nitrogens with two attached hydrogens (primary N) is 1. The highest BCUT2D eigenvalue weighted by atomic mass is 79.9. The van der Waals surface area contributed by atoms with E-state index in [-0.39, 0.29) is 0 Å². The van der Waals surface area contributed by atoms with Crippen LogP contribution < -0.4 is 5.73 Å². The van der Waals surface area contributed by atoms with Gasteiger partial charge in [0.2, 0.25) is 0 Å². The van der Waals surface area contributed by atoms with Crippen LogP contribution in [0.1, 0.15) is 17.1 Å². The Kier molecular flexibility index (Phi) is 3.11. The maximum atomic E-state index is 5.82. The van der Waals surface area contributed by atoms with E-state index in [9.17, 15) is 0 Å². The van der Waals surface area contributed by atoms with E-state index in [4.69, 9.17) is 5.73 Å². The molecule has 4 nitrogen and oxygen atoms in total. The fourth-order valence-corrected chi connectivity index (χ4v) is 1.85. The topological polar surface area (TPSA) is 64.7 Å². The molecule has 0 unspecified atom stereocenters. The third kappa shape index (κ3) is 2.44. The second-order valence-corrected chi connectivity index (χ2v) is 4.76. The first kappa shape index (κ1) is 12.0. The average Bonchev–Trinajstić information content (AvgIpc) is 2.23. The first-order valence-corrected chi connectivity index (χ1v) is 6.02. The Morgan fingerprint density at radius 2 is 1.59 bits per heavy atom. The van der Waals surface area contributed by atoms with Crippen molar-refractivity contribution < 1.29 is 0 Å². The Hall–Kier alpha value is -1.49. The summed E-state index contributed by atoms with van der Waals surface area (Å²) in [5.74, 6) is 1.09. The van der Waals surface area contributed by atoms with Crippen molar-refractivity contribution in [2.24, 2.45) is 0 Å². The second kappa shape index (κ2) is 4.41. The molecule has 88 valence electrons. The van der Waals surface area contributed by atoms with Gasteiger partial charge in [-0.25, -0.2) is 9.97 Å². The number of nitrogen functional groups attached to an aromatic ring is 1. The Bertz CT molecular complexity index is 537. The van der Waals surface area contributed by atoms with Gasteiger partial charge >= 0.3 is 0 Å². The van der Waals surface area contributed by atoms with E-state index >= 15 is 0 Å². The summed E-state index contributed by atoms with van der Waals surface area (Å²) in [5, 5.41) is 0. The summed E-state index contributed by atoms with van der Waals surface area (Å²) < 4.78 is 0.753. The molecule has 2 aromatic rings. The van der Waals surface area contributed by atoms with Gasteiger partial charge in [-0.2, -0.15) is 0 Å². The lowest BCUT2D eigenvalue weighted by atomic mass is 10.2. The normalized spacial score (nSPS) is 10.6. The molecule has 0 bridgehead atoms. The van der Waals surface area contributed by atoms with Crippen molar-refractivity contribution in [1.82, 2.24) is 15.0 Å². The van der Waals surface area contributed by atoms with Crippen LogP contribution in [0, 0.1) is 20.8 Å². The fourth-order valence-electron chi connectivity index (χ4n) is 1.67. The minimum atomic E-state index is 0.458. The van der Waals surface area contributed by atoms with Gasteiger partial charge < -0.3 is 5.73 Å². The molecular weight excluding hydrogens is 280 g/mol. The van der Waals surface area contributed by atoms with E-state index in [1.807, 2.05) is 32.9 Å². The molecule has 0 amide bonds. The minimum absolute atomic E-state index is 0.458. The summed E-state index contributed by atoms with van der Waals surface area (Å²) in [7, 11) is 0. The number of rotatable bonds is 1. The van der Waals surface area contributed by atoms with Gasteiger partial charge in [0.05, 0.1) is 10.2 Å². The van der Waals surface area contributed by atoms with Crippen molar-refractivity contribution >= 4 is 21.7 Å². The first-order chi connectivity index (χ1) is 7.97. The van der Waals surface area contributed by atoms with Gasteiger partial charge in [0.25, 0.3) is 0 Å². The fraction of sp³-hybridized carbons (Fsp3) is 0.250. The van der Waals surface area contributed by atoms with Crippen molar-refractivity contribution in [1.29, 1.82) is 0 Å². The number of hydrogen-bond acceptors (Lipinski definition) is 4. The van der Waals surface area contributed by atoms with E-state index in [0.717, 1.165) is 27.1 Å². The smallest absolute Gasteiger partial charge is 0.161 e. The van der Waals surface area contributed by atoms with Gasteiger partial charge in [0, 0.05) is 17.0 Å². The third-order valence-corrected chi connectivity index (χ3v) is 3.36. The summed E-state index contributed by atoms with van der Waals surface area (Å²) in [6.45, 7) is 5.80. The lowest BCUT2D eigenvalue weighted by molar-refractivity contribution is 1.08. The molecule has 0 fully saturated rings. The molecule has 0 atom stereocenters. The standard InChI is InChI=1S/C12H13BrN4/c1-6-4-9(5-7(2)15-6)12-16-8(3)10(13)11(14)17-12/h4-5H,1-3H3,(H2,14,16,17). The average molecular weight is 293 g/mol. The quantitative estimate of drug-likeness (QED) is 0.878. The van der Waals surface area contributed by atoms with Crippen molar-refractivity contribution in [2.45, 2.75) is 20.8 Å². The monoisotopic (exact) mass is 292 g/mol. The molecule has 0 spiro atoms. The molecule has 2 aromatic heterocycles. The van der Waals surface area contributed by atoms with Gasteiger partial charge in [0.15, 0.2) is 5.82 Å². The molecule has 0 radical (unpaired) electrons. The summed E-state index contributed by atoms with van der Waals surface area (Å²) >= 11 is 3.35. The van der Waals surface area contributed by atoms with Gasteiger partial charge in [-0.3, -0.25) is 4.98 Å². The number of aromatic nitrogens is 3. The van der Waals surface area contributed by atoms with Crippen LogP contribution in [-0.2, 0) is 0 Å². The maximum absolute atomic E-state index is 5.82. The van der Waals surface area contributed by atoms with Crippen molar-refractivity contribution in [3.8, 4) is 11.4 Å². The van der Waals surface area contributed by atoms with Crippen molar-refractivity contribution in [2.75, 3.05) is 5.73 Å². The molecule has 0 aliphatic carbocycles. The Balaban J connectivity index is 2.60. The van der Waals surface area contributed by atoms with Crippen molar-refractivity contribution in [3.63, 3.8) is 0 Å². The summed E-state index contributed by atoms with van der Waals surface area (Å²) in [6.07, 6.45) is 0. The number of hydrogen-bond donors (Lipinski definition) is 1. The van der Waals surface area contributed by atoms with Crippen LogP contribution in [0.25, 0.3) is 11.4 Å². The number of nitrogens with zero attached hydrogens (tertiary/aromatic N) is 3. The predicted octanol–water partition coefficient (Wildman–Crippen LogP) is 2.81. The number of pyridine rings is 1. The van der Waals surface area contributed by atoms with Gasteiger partial charge in [-0.05, 0) is 48.8 Å². The molecule has 0 aliphatic heterocycles. The van der Waals surface area contributed by atoms with E-state index in [1.54, 1.807) is 0 Å². The van der Waals surface area contributed by atoms with Crippen LogP contribution in [-0.4, -0.2) is 15.0 Å². The first-order valence-electron chi connectivity index (χ1n) is 5.22. The molecule has 2 rings (SSSR count). The van der Waals surface area contributed by atoms with Crippen LogP contribution in [0.4, 0.5) is 5.82 Å². The predicted molar refractivity (Wildman–Crippen MR) is 71.6 cm³/mol. The maximum Gasteiger partial charge on any atom is 0.161 e. The van der Waals surface area contributed by atoms with Gasteiger partial charge in [-0.1, -0.05) is 0 Å². The molecule has 17 heavy (non-hydrogen) atoms. The molecule has 0 aliphatic rings. The van der Waals surface area contributed by atoms with Crippen LogP contribution in [0.5, 0.6) is 0 Å². The largest absolute Gasteiger partial charge is 0.383 e. The minimum Gasteiger partial charge on any atom is -0.383 e. The zero-order valence-electron chi connectivity index (χ0n) is 9.95. The number of anilines is 1. The van der Waals surface area contributed by atoms with Gasteiger partial charge in [0.1, 0.15) is 5.82 Å². The SMILES string of the molecule is Cc1cc(-c2nc(C)c(Br)c(N)n2)cc(C)n1. The highest BCUT2D eigenvalue weighted by molar-refractivity contribution is 9.10. The van der Waals surface area contributed by atoms with Crippen LogP contribution in [0.3, 0.4) is 0 Å². The summed E-state index contributed by atoms with van der Waals surface area (Å²) in [5.41, 5.74) is 9.49. The van der Waals surface area contributed by atoms with Crippen LogP contribution in [0.2, 0.25) is 0 Å². The zero-order chi connectivity index (χ0) is 12.6. The Labute approximate surface area is 108 Å². The molecule has 0 saturated heterocycles. The van der Waals surface area contributed by atoms with E-state index in [1.165, 1.54) is 0 Å². The lowest BCUT2D eigenvalue weighted by Gasteiger charge is -2.07. The van der Waals surface area contributed by atoms with Crippen molar-refractivity contribution in [3.05, 3.63) is 33.7 Å². The highest BCUT2D eigenvalue weighted by Crippen LogP contribution is 2.24. The molecule has 2 heterocycles. The second-order valence-electron chi connectivity index (χ2n) is 3.97.